The summed E-state index contributed by atoms with van der Waals surface area (Å²) in [6.07, 6.45) is 0. The van der Waals surface area contributed by atoms with E-state index < -0.39 is 5.82 Å². The average molecular weight is 364 g/mol. The second-order valence-corrected chi connectivity index (χ2v) is 5.94. The summed E-state index contributed by atoms with van der Waals surface area (Å²) in [7, 11) is 0. The van der Waals surface area contributed by atoms with Crippen LogP contribution >= 0.6 is 39.1 Å². The lowest BCUT2D eigenvalue weighted by Crippen LogP contribution is -2.00. The number of benzene rings is 1. The molecule has 0 atom stereocenters. The van der Waals surface area contributed by atoms with Crippen LogP contribution in [0.5, 0.6) is 0 Å². The minimum absolute atomic E-state index is 0.164. The van der Waals surface area contributed by atoms with Crippen LogP contribution in [-0.2, 0) is 0 Å². The van der Waals surface area contributed by atoms with Gasteiger partial charge in [0.05, 0.1) is 10.2 Å². The number of nitrogens with zero attached hydrogens (tertiary/aromatic N) is 2. The van der Waals surface area contributed by atoms with Gasteiger partial charge in [0.15, 0.2) is 5.82 Å². The highest BCUT2D eigenvalue weighted by Gasteiger charge is 2.15. The topological polar surface area (TPSA) is 25.8 Å². The quantitative estimate of drug-likeness (QED) is 0.660. The molecule has 100 valence electrons. The van der Waals surface area contributed by atoms with Gasteiger partial charge in [0.1, 0.15) is 11.0 Å². The lowest BCUT2D eigenvalue weighted by atomic mass is 10.1. The molecule has 6 heteroatoms. The fourth-order valence-electron chi connectivity index (χ4n) is 1.63. The summed E-state index contributed by atoms with van der Waals surface area (Å²) in [6.45, 7) is 3.98. The molecule has 0 aliphatic carbocycles. The molecule has 0 fully saturated rings. The molecule has 2 aromatic rings. The summed E-state index contributed by atoms with van der Waals surface area (Å²) in [6, 6.07) is 4.17. The Balaban J connectivity index is 2.62. The van der Waals surface area contributed by atoms with E-state index in [0.29, 0.717) is 26.0 Å². The Morgan fingerprint density at radius 1 is 1.16 bits per heavy atom. The van der Waals surface area contributed by atoms with Gasteiger partial charge in [0.2, 0.25) is 0 Å². The van der Waals surface area contributed by atoms with Crippen molar-refractivity contribution in [3.63, 3.8) is 0 Å². The zero-order chi connectivity index (χ0) is 14.2. The van der Waals surface area contributed by atoms with Crippen LogP contribution < -0.4 is 0 Å². The molecule has 0 aliphatic heterocycles. The van der Waals surface area contributed by atoms with Crippen molar-refractivity contribution < 1.29 is 4.39 Å². The molecule has 0 unspecified atom stereocenters. The maximum Gasteiger partial charge on any atom is 0.161 e. The van der Waals surface area contributed by atoms with Crippen molar-refractivity contribution in [2.75, 3.05) is 0 Å². The van der Waals surface area contributed by atoms with Crippen molar-refractivity contribution in [3.8, 4) is 11.4 Å². The van der Waals surface area contributed by atoms with Gasteiger partial charge in [0, 0.05) is 10.6 Å². The number of rotatable bonds is 2. The first kappa shape index (κ1) is 14.7. The van der Waals surface area contributed by atoms with Crippen LogP contribution in [-0.4, -0.2) is 9.97 Å². The van der Waals surface area contributed by atoms with Gasteiger partial charge in [-0.1, -0.05) is 37.0 Å². The third-order valence-electron chi connectivity index (χ3n) is 2.50. The molecule has 1 aromatic carbocycles. The summed E-state index contributed by atoms with van der Waals surface area (Å²) in [4.78, 5) is 8.57. The third-order valence-corrected chi connectivity index (χ3v) is 4.01. The molecule has 1 heterocycles. The molecule has 0 radical (unpaired) electrons. The molecule has 0 aliphatic rings. The number of hydrogen-bond acceptors (Lipinski definition) is 2. The Kier molecular flexibility index (Phi) is 4.43. The number of hydrogen-bond donors (Lipinski definition) is 0. The van der Waals surface area contributed by atoms with Crippen molar-refractivity contribution >= 4 is 39.1 Å². The zero-order valence-electron chi connectivity index (χ0n) is 10.2. The van der Waals surface area contributed by atoms with Crippen LogP contribution in [0.25, 0.3) is 11.4 Å². The molecular formula is C13H10BrCl2FN2. The van der Waals surface area contributed by atoms with E-state index in [2.05, 4.69) is 25.9 Å². The van der Waals surface area contributed by atoms with Gasteiger partial charge in [-0.2, -0.15) is 0 Å². The minimum Gasteiger partial charge on any atom is -0.232 e. The highest BCUT2D eigenvalue weighted by molar-refractivity contribution is 9.10. The largest absolute Gasteiger partial charge is 0.232 e. The third kappa shape index (κ3) is 3.25. The van der Waals surface area contributed by atoms with Crippen LogP contribution in [0.1, 0.15) is 25.5 Å². The SMILES string of the molecule is CC(C)c1nc(-c2cc(F)cc(Cl)c2)nc(Cl)c1Br. The lowest BCUT2D eigenvalue weighted by molar-refractivity contribution is 0.628. The summed E-state index contributed by atoms with van der Waals surface area (Å²) in [5, 5.41) is 0.595. The van der Waals surface area contributed by atoms with Gasteiger partial charge in [-0.15, -0.1) is 0 Å². The molecule has 0 saturated carbocycles. The van der Waals surface area contributed by atoms with Crippen LogP contribution in [0.2, 0.25) is 10.2 Å². The van der Waals surface area contributed by atoms with E-state index in [-0.39, 0.29) is 5.92 Å². The van der Waals surface area contributed by atoms with E-state index in [0.717, 1.165) is 5.69 Å². The molecule has 0 amide bonds. The Morgan fingerprint density at radius 2 is 1.84 bits per heavy atom. The summed E-state index contributed by atoms with van der Waals surface area (Å²) in [5.74, 6) is 0.0900. The molecule has 0 bridgehead atoms. The standard InChI is InChI=1S/C13H10BrCl2FN2/c1-6(2)11-10(14)12(16)19-13(18-11)7-3-8(15)5-9(17)4-7/h3-6H,1-2H3. The minimum atomic E-state index is -0.434. The van der Waals surface area contributed by atoms with Gasteiger partial charge in [0.25, 0.3) is 0 Å². The zero-order valence-corrected chi connectivity index (χ0v) is 13.3. The molecule has 0 N–H and O–H groups in total. The van der Waals surface area contributed by atoms with Gasteiger partial charge >= 0.3 is 0 Å². The van der Waals surface area contributed by atoms with Gasteiger partial charge in [-0.25, -0.2) is 14.4 Å². The molecule has 2 rings (SSSR count). The second-order valence-electron chi connectivity index (χ2n) is 4.35. The van der Waals surface area contributed by atoms with Gasteiger partial charge in [-0.3, -0.25) is 0 Å². The van der Waals surface area contributed by atoms with Crippen molar-refractivity contribution in [1.29, 1.82) is 0 Å². The van der Waals surface area contributed by atoms with E-state index in [4.69, 9.17) is 23.2 Å². The van der Waals surface area contributed by atoms with E-state index in [1.165, 1.54) is 12.1 Å². The summed E-state index contributed by atoms with van der Waals surface area (Å²) < 4.78 is 14.0. The van der Waals surface area contributed by atoms with Crippen molar-refractivity contribution in [2.24, 2.45) is 0 Å². The van der Waals surface area contributed by atoms with E-state index in [9.17, 15) is 4.39 Å². The normalized spacial score (nSPS) is 11.1. The van der Waals surface area contributed by atoms with Crippen LogP contribution in [0, 0.1) is 5.82 Å². The molecule has 1 aromatic heterocycles. The van der Waals surface area contributed by atoms with Crippen LogP contribution in [0.15, 0.2) is 22.7 Å². The summed E-state index contributed by atoms with van der Waals surface area (Å²) in [5.41, 5.74) is 1.27. The first-order valence-electron chi connectivity index (χ1n) is 5.58. The first-order chi connectivity index (χ1) is 8.88. The average Bonchev–Trinajstić information content (AvgIpc) is 2.30. The molecule has 0 saturated heterocycles. The number of halogens is 4. The highest BCUT2D eigenvalue weighted by atomic mass is 79.9. The Hall–Kier alpha value is -0.710. The molecule has 0 spiro atoms. The highest BCUT2D eigenvalue weighted by Crippen LogP contribution is 2.31. The maximum absolute atomic E-state index is 13.4. The van der Waals surface area contributed by atoms with Crippen molar-refractivity contribution in [1.82, 2.24) is 9.97 Å². The van der Waals surface area contributed by atoms with E-state index >= 15 is 0 Å². The summed E-state index contributed by atoms with van der Waals surface area (Å²) >= 11 is 15.3. The van der Waals surface area contributed by atoms with E-state index in [1.807, 2.05) is 13.8 Å². The second kappa shape index (κ2) is 5.73. The number of aromatic nitrogens is 2. The molecular weight excluding hydrogens is 354 g/mol. The predicted octanol–water partition coefficient (Wildman–Crippen LogP) is 5.48. The van der Waals surface area contributed by atoms with Crippen LogP contribution in [0.4, 0.5) is 4.39 Å². The molecule has 2 nitrogen and oxygen atoms in total. The van der Waals surface area contributed by atoms with Gasteiger partial charge < -0.3 is 0 Å². The smallest absolute Gasteiger partial charge is 0.161 e. The van der Waals surface area contributed by atoms with E-state index in [1.54, 1.807) is 6.07 Å². The van der Waals surface area contributed by atoms with Crippen molar-refractivity contribution in [2.45, 2.75) is 19.8 Å². The monoisotopic (exact) mass is 362 g/mol. The Labute approximate surface area is 129 Å². The first-order valence-corrected chi connectivity index (χ1v) is 7.12. The molecule has 19 heavy (non-hydrogen) atoms. The fourth-order valence-corrected chi connectivity index (χ4v) is 2.66. The fraction of sp³-hybridized carbons (Fsp3) is 0.231. The van der Waals surface area contributed by atoms with Crippen LogP contribution in [0.3, 0.4) is 0 Å². The van der Waals surface area contributed by atoms with Gasteiger partial charge in [-0.05, 0) is 40.0 Å². The maximum atomic E-state index is 13.4. The Bertz CT molecular complexity index is 612. The van der Waals surface area contributed by atoms with Crippen molar-refractivity contribution in [3.05, 3.63) is 44.4 Å². The lowest BCUT2D eigenvalue weighted by Gasteiger charge is -2.11. The Morgan fingerprint density at radius 3 is 2.42 bits per heavy atom. The predicted molar refractivity (Wildman–Crippen MR) is 79.2 cm³/mol.